The fourth-order valence-corrected chi connectivity index (χ4v) is 4.01. The lowest BCUT2D eigenvalue weighted by atomic mass is 10.1. The van der Waals surface area contributed by atoms with E-state index in [-0.39, 0.29) is 31.3 Å². The van der Waals surface area contributed by atoms with Gasteiger partial charge in [-0.2, -0.15) is 0 Å². The van der Waals surface area contributed by atoms with Crippen LogP contribution < -0.4 is 0 Å². The number of ether oxygens (including phenoxy) is 1. The van der Waals surface area contributed by atoms with Gasteiger partial charge < -0.3 is 14.2 Å². The minimum Gasteiger partial charge on any atom is -0.457 e. The van der Waals surface area contributed by atoms with Crippen LogP contribution in [0.2, 0.25) is 5.02 Å². The molecular weight excluding hydrogens is 392 g/mol. The number of rotatable bonds is 7. The van der Waals surface area contributed by atoms with Gasteiger partial charge in [-0.25, -0.2) is 0 Å². The summed E-state index contributed by atoms with van der Waals surface area (Å²) >= 11 is 6.16. The second kappa shape index (κ2) is 8.82. The summed E-state index contributed by atoms with van der Waals surface area (Å²) in [6.45, 7) is 6.91. The maximum Gasteiger partial charge on any atom is 0.311 e. The van der Waals surface area contributed by atoms with Crippen molar-refractivity contribution in [1.82, 2.24) is 9.47 Å². The molecule has 1 saturated heterocycles. The topological polar surface area (TPSA) is 68.6 Å². The standard InChI is InChI=1S/C22H25ClN2O4/c1-4-25-14(2)9-18(15(25)3)20(26)13-29-22(28)17-10-21(27)24(12-17)11-16-7-5-6-8-19(16)23/h5-9,17H,4,10-13H2,1-3H3/t17-/m1/s1. The summed E-state index contributed by atoms with van der Waals surface area (Å²) in [6.07, 6.45) is 0.0851. The van der Waals surface area contributed by atoms with Crippen LogP contribution in [0.1, 0.15) is 40.7 Å². The number of nitrogens with zero attached hydrogens (tertiary/aromatic N) is 2. The highest BCUT2D eigenvalue weighted by atomic mass is 35.5. The van der Waals surface area contributed by atoms with Crippen LogP contribution in [0.5, 0.6) is 0 Å². The van der Waals surface area contributed by atoms with Gasteiger partial charge in [0.05, 0.1) is 5.92 Å². The minimum absolute atomic E-state index is 0.0851. The molecule has 1 aromatic carbocycles. The molecule has 29 heavy (non-hydrogen) atoms. The molecule has 0 bridgehead atoms. The first kappa shape index (κ1) is 21.1. The third-order valence-corrected chi connectivity index (χ3v) is 5.77. The number of carbonyl (C=O) groups excluding carboxylic acids is 3. The maximum absolute atomic E-state index is 12.5. The number of benzene rings is 1. The number of Topliss-reactive ketones (excluding diaryl/α,β-unsaturated/α-hetero) is 1. The number of hydrogen-bond donors (Lipinski definition) is 0. The van der Waals surface area contributed by atoms with E-state index >= 15 is 0 Å². The Morgan fingerprint density at radius 1 is 1.24 bits per heavy atom. The van der Waals surface area contributed by atoms with Gasteiger partial charge in [-0.1, -0.05) is 29.8 Å². The van der Waals surface area contributed by atoms with Crippen molar-refractivity contribution in [3.05, 3.63) is 57.9 Å². The number of ketones is 1. The Labute approximate surface area is 175 Å². The van der Waals surface area contributed by atoms with Crippen molar-refractivity contribution in [1.29, 1.82) is 0 Å². The largest absolute Gasteiger partial charge is 0.457 e. The van der Waals surface area contributed by atoms with E-state index in [9.17, 15) is 14.4 Å². The zero-order valence-corrected chi connectivity index (χ0v) is 17.7. The van der Waals surface area contributed by atoms with E-state index in [1.165, 1.54) is 0 Å². The monoisotopic (exact) mass is 416 g/mol. The second-order valence-electron chi connectivity index (χ2n) is 7.33. The SMILES string of the molecule is CCn1c(C)cc(C(=O)COC(=O)[C@@H]2CC(=O)N(Cc3ccccc3Cl)C2)c1C. The maximum atomic E-state index is 12.5. The van der Waals surface area contributed by atoms with Gasteiger partial charge in [-0.15, -0.1) is 0 Å². The van der Waals surface area contributed by atoms with Gasteiger partial charge in [0.25, 0.3) is 0 Å². The van der Waals surface area contributed by atoms with Crippen molar-refractivity contribution >= 4 is 29.3 Å². The third-order valence-electron chi connectivity index (χ3n) is 5.40. The normalized spacial score (nSPS) is 16.3. The smallest absolute Gasteiger partial charge is 0.311 e. The zero-order valence-electron chi connectivity index (χ0n) is 16.9. The van der Waals surface area contributed by atoms with Crippen molar-refractivity contribution in [3.8, 4) is 0 Å². The predicted octanol–water partition coefficient (Wildman–Crippen LogP) is 3.55. The molecule has 3 rings (SSSR count). The molecular formula is C22H25ClN2O4. The molecule has 1 aliphatic heterocycles. The van der Waals surface area contributed by atoms with Crippen LogP contribution in [-0.2, 0) is 27.4 Å². The lowest BCUT2D eigenvalue weighted by Crippen LogP contribution is -2.27. The Balaban J connectivity index is 1.57. The van der Waals surface area contributed by atoms with Gasteiger partial charge in [-0.3, -0.25) is 14.4 Å². The molecule has 1 fully saturated rings. The summed E-state index contributed by atoms with van der Waals surface area (Å²) in [5, 5.41) is 0.585. The second-order valence-corrected chi connectivity index (χ2v) is 7.73. The fourth-order valence-electron chi connectivity index (χ4n) is 3.82. The Morgan fingerprint density at radius 3 is 2.62 bits per heavy atom. The quantitative estimate of drug-likeness (QED) is 0.511. The van der Waals surface area contributed by atoms with E-state index in [2.05, 4.69) is 0 Å². The predicted molar refractivity (Wildman–Crippen MR) is 110 cm³/mol. The number of aryl methyl sites for hydroxylation is 1. The Hall–Kier alpha value is -2.60. The first-order valence-corrected chi connectivity index (χ1v) is 10.1. The van der Waals surface area contributed by atoms with Crippen molar-refractivity contribution in [2.24, 2.45) is 5.92 Å². The summed E-state index contributed by atoms with van der Waals surface area (Å²) in [7, 11) is 0. The molecule has 1 atom stereocenters. The molecule has 0 N–H and O–H groups in total. The van der Waals surface area contributed by atoms with E-state index in [0.29, 0.717) is 17.1 Å². The van der Waals surface area contributed by atoms with Crippen LogP contribution in [-0.4, -0.2) is 40.3 Å². The van der Waals surface area contributed by atoms with E-state index < -0.39 is 11.9 Å². The lowest BCUT2D eigenvalue weighted by molar-refractivity contribution is -0.147. The third kappa shape index (κ3) is 4.53. The molecule has 0 spiro atoms. The number of likely N-dealkylation sites (tertiary alicyclic amines) is 1. The van der Waals surface area contributed by atoms with Gasteiger partial charge in [0, 0.05) is 48.0 Å². The number of carbonyl (C=O) groups is 3. The van der Waals surface area contributed by atoms with Crippen LogP contribution >= 0.6 is 11.6 Å². The van der Waals surface area contributed by atoms with Crippen molar-refractivity contribution in [3.63, 3.8) is 0 Å². The first-order chi connectivity index (χ1) is 13.8. The molecule has 154 valence electrons. The number of aromatic nitrogens is 1. The minimum atomic E-state index is -0.569. The van der Waals surface area contributed by atoms with Gasteiger partial charge in [0.2, 0.25) is 11.7 Å². The molecule has 0 saturated carbocycles. The number of amides is 1. The molecule has 0 aliphatic carbocycles. The van der Waals surface area contributed by atoms with Crippen molar-refractivity contribution in [2.75, 3.05) is 13.2 Å². The molecule has 7 heteroatoms. The lowest BCUT2D eigenvalue weighted by Gasteiger charge is -2.17. The van der Waals surface area contributed by atoms with E-state index in [1.807, 2.05) is 49.6 Å². The summed E-state index contributed by atoms with van der Waals surface area (Å²) in [4.78, 5) is 38.8. The highest BCUT2D eigenvalue weighted by Crippen LogP contribution is 2.24. The van der Waals surface area contributed by atoms with Crippen molar-refractivity contribution in [2.45, 2.75) is 40.3 Å². The molecule has 2 aromatic rings. The summed E-state index contributed by atoms with van der Waals surface area (Å²) in [5.41, 5.74) is 3.27. The molecule has 1 amide bonds. The van der Waals surface area contributed by atoms with Gasteiger partial charge >= 0.3 is 5.97 Å². The van der Waals surface area contributed by atoms with E-state index in [1.54, 1.807) is 11.0 Å². The van der Waals surface area contributed by atoms with Crippen LogP contribution in [0.4, 0.5) is 0 Å². The average Bonchev–Trinajstić information content (AvgIpc) is 3.20. The first-order valence-electron chi connectivity index (χ1n) is 9.69. The van der Waals surface area contributed by atoms with Gasteiger partial charge in [0.1, 0.15) is 0 Å². The Kier molecular flexibility index (Phi) is 6.42. The Morgan fingerprint density at radius 2 is 1.97 bits per heavy atom. The molecule has 0 unspecified atom stereocenters. The zero-order chi connectivity index (χ0) is 21.1. The molecule has 1 aromatic heterocycles. The summed E-state index contributed by atoms with van der Waals surface area (Å²) in [5.74, 6) is -1.44. The van der Waals surface area contributed by atoms with Crippen LogP contribution in [0, 0.1) is 19.8 Å². The van der Waals surface area contributed by atoms with Crippen LogP contribution in [0.15, 0.2) is 30.3 Å². The summed E-state index contributed by atoms with van der Waals surface area (Å²) < 4.78 is 7.29. The van der Waals surface area contributed by atoms with E-state index in [4.69, 9.17) is 16.3 Å². The van der Waals surface area contributed by atoms with Gasteiger partial charge in [-0.05, 0) is 38.5 Å². The number of esters is 1. The fraction of sp³-hybridized carbons (Fsp3) is 0.409. The van der Waals surface area contributed by atoms with Crippen molar-refractivity contribution < 1.29 is 19.1 Å². The van der Waals surface area contributed by atoms with E-state index in [0.717, 1.165) is 23.5 Å². The molecule has 0 radical (unpaired) electrons. The molecule has 6 nitrogen and oxygen atoms in total. The number of halogens is 1. The average molecular weight is 417 g/mol. The molecule has 1 aliphatic rings. The highest BCUT2D eigenvalue weighted by molar-refractivity contribution is 6.31. The van der Waals surface area contributed by atoms with Gasteiger partial charge in [0.15, 0.2) is 6.61 Å². The highest BCUT2D eigenvalue weighted by Gasteiger charge is 2.35. The number of hydrogen-bond acceptors (Lipinski definition) is 4. The Bertz CT molecular complexity index is 950. The van der Waals surface area contributed by atoms with Crippen LogP contribution in [0.25, 0.3) is 0 Å². The summed E-state index contributed by atoms with van der Waals surface area (Å²) in [6, 6.07) is 9.12. The van der Waals surface area contributed by atoms with Crippen LogP contribution in [0.3, 0.4) is 0 Å². The molecule has 2 heterocycles.